The van der Waals surface area contributed by atoms with Crippen molar-refractivity contribution in [1.29, 1.82) is 0 Å². The van der Waals surface area contributed by atoms with Crippen molar-refractivity contribution >= 4 is 23.2 Å². The summed E-state index contributed by atoms with van der Waals surface area (Å²) in [5.74, 6) is 0.713. The molecule has 1 heterocycles. The average Bonchev–Trinajstić information content (AvgIpc) is 2.66. The maximum atomic E-state index is 12.4. The van der Waals surface area contributed by atoms with Gasteiger partial charge in [0, 0.05) is 30.1 Å². The fraction of sp³-hybridized carbons (Fsp3) is 0.350. The zero-order valence-corrected chi connectivity index (χ0v) is 15.5. The number of hydrogen-bond acceptors (Lipinski definition) is 5. The van der Waals surface area contributed by atoms with Gasteiger partial charge in [0.15, 0.2) is 6.61 Å². The van der Waals surface area contributed by atoms with Gasteiger partial charge in [-0.15, -0.1) is 0 Å². The van der Waals surface area contributed by atoms with Crippen molar-refractivity contribution in [3.8, 4) is 11.5 Å². The summed E-state index contributed by atoms with van der Waals surface area (Å²) >= 11 is 0. The number of ether oxygens (including phenoxy) is 2. The second-order valence-electron chi connectivity index (χ2n) is 6.37. The maximum absolute atomic E-state index is 12.4. The van der Waals surface area contributed by atoms with Crippen LogP contribution in [0.15, 0.2) is 30.5 Å². The van der Waals surface area contributed by atoms with Crippen molar-refractivity contribution in [1.82, 2.24) is 4.98 Å². The molecule has 2 amide bonds. The summed E-state index contributed by atoms with van der Waals surface area (Å²) in [6.45, 7) is 1.30. The molecule has 27 heavy (non-hydrogen) atoms. The number of anilines is 2. The van der Waals surface area contributed by atoms with E-state index in [-0.39, 0.29) is 18.4 Å². The number of methoxy groups -OCH3 is 1. The van der Waals surface area contributed by atoms with Gasteiger partial charge in [-0.2, -0.15) is 0 Å². The third kappa shape index (κ3) is 4.75. The predicted octanol–water partition coefficient (Wildman–Crippen LogP) is 2.94. The van der Waals surface area contributed by atoms with E-state index in [2.05, 4.69) is 15.6 Å². The van der Waals surface area contributed by atoms with Crippen LogP contribution in [0.4, 0.5) is 11.4 Å². The molecule has 3 rings (SSSR count). The minimum Gasteiger partial charge on any atom is -0.495 e. The minimum atomic E-state index is -0.311. The van der Waals surface area contributed by atoms with Crippen molar-refractivity contribution in [3.05, 3.63) is 41.7 Å². The highest BCUT2D eigenvalue weighted by atomic mass is 16.5. The summed E-state index contributed by atoms with van der Waals surface area (Å²) in [4.78, 5) is 28.0. The molecule has 142 valence electrons. The Morgan fingerprint density at radius 3 is 2.70 bits per heavy atom. The van der Waals surface area contributed by atoms with Crippen LogP contribution in [0.1, 0.15) is 31.0 Å². The van der Waals surface area contributed by atoms with E-state index < -0.39 is 0 Å². The molecule has 1 aromatic carbocycles. The summed E-state index contributed by atoms with van der Waals surface area (Å²) < 4.78 is 11.0. The Morgan fingerprint density at radius 2 is 1.93 bits per heavy atom. The van der Waals surface area contributed by atoms with Crippen molar-refractivity contribution in [3.63, 3.8) is 0 Å². The van der Waals surface area contributed by atoms with E-state index in [1.54, 1.807) is 30.5 Å². The number of aryl methyl sites for hydroxylation is 1. The first-order valence-corrected chi connectivity index (χ1v) is 8.92. The molecule has 0 bridgehead atoms. The number of carbonyl (C=O) groups is 2. The fourth-order valence-electron chi connectivity index (χ4n) is 3.14. The molecular weight excluding hydrogens is 346 g/mol. The van der Waals surface area contributed by atoms with Gasteiger partial charge in [0.1, 0.15) is 11.5 Å². The van der Waals surface area contributed by atoms with Crippen LogP contribution in [0.5, 0.6) is 11.5 Å². The number of hydrogen-bond donors (Lipinski definition) is 2. The molecule has 0 aliphatic heterocycles. The first-order chi connectivity index (χ1) is 13.1. The number of nitrogens with zero attached hydrogens (tertiary/aromatic N) is 1. The summed E-state index contributed by atoms with van der Waals surface area (Å²) in [6, 6.07) is 6.83. The fourth-order valence-corrected chi connectivity index (χ4v) is 3.14. The van der Waals surface area contributed by atoms with E-state index >= 15 is 0 Å². The van der Waals surface area contributed by atoms with Gasteiger partial charge in [-0.05, 0) is 49.9 Å². The van der Waals surface area contributed by atoms with Crippen LogP contribution in [0, 0.1) is 0 Å². The van der Waals surface area contributed by atoms with Gasteiger partial charge in [0.05, 0.1) is 12.8 Å². The molecule has 2 aromatic rings. The van der Waals surface area contributed by atoms with E-state index in [0.717, 1.165) is 36.9 Å². The van der Waals surface area contributed by atoms with Crippen LogP contribution in [-0.2, 0) is 22.4 Å². The highest BCUT2D eigenvalue weighted by Gasteiger charge is 2.16. The number of carbonyl (C=O) groups excluding carboxylic acids is 2. The van der Waals surface area contributed by atoms with Crippen LogP contribution in [0.2, 0.25) is 0 Å². The molecule has 0 unspecified atom stereocenters. The standard InChI is InChI=1S/C20H23N3O4/c1-13(24)22-14-7-8-19(26-2)17(11-14)23-20(25)12-27-18-9-10-21-16-6-4-3-5-15(16)18/h7-11H,3-6,12H2,1-2H3,(H,22,24)(H,23,25). The van der Waals surface area contributed by atoms with Crippen molar-refractivity contribution < 1.29 is 19.1 Å². The zero-order valence-electron chi connectivity index (χ0n) is 15.5. The SMILES string of the molecule is COc1ccc(NC(C)=O)cc1NC(=O)COc1ccnc2c1CCCC2. The molecule has 0 saturated heterocycles. The van der Waals surface area contributed by atoms with Gasteiger partial charge >= 0.3 is 0 Å². The Bertz CT molecular complexity index is 851. The summed E-state index contributed by atoms with van der Waals surface area (Å²) in [7, 11) is 1.52. The van der Waals surface area contributed by atoms with Crippen molar-refractivity contribution in [2.45, 2.75) is 32.6 Å². The lowest BCUT2D eigenvalue weighted by molar-refractivity contribution is -0.118. The quantitative estimate of drug-likeness (QED) is 0.817. The Kier molecular flexibility index (Phi) is 5.90. The Hall–Kier alpha value is -3.09. The van der Waals surface area contributed by atoms with Crippen LogP contribution in [-0.4, -0.2) is 30.5 Å². The largest absolute Gasteiger partial charge is 0.495 e. The van der Waals surface area contributed by atoms with Gasteiger partial charge in [-0.3, -0.25) is 14.6 Å². The molecular formula is C20H23N3O4. The van der Waals surface area contributed by atoms with E-state index in [1.807, 2.05) is 0 Å². The third-order valence-corrected chi connectivity index (χ3v) is 4.35. The molecule has 0 saturated carbocycles. The number of amides is 2. The lowest BCUT2D eigenvalue weighted by Crippen LogP contribution is -2.21. The van der Waals surface area contributed by atoms with Gasteiger partial charge < -0.3 is 20.1 Å². The molecule has 7 heteroatoms. The highest BCUT2D eigenvalue weighted by Crippen LogP contribution is 2.29. The van der Waals surface area contributed by atoms with Crippen molar-refractivity contribution in [2.24, 2.45) is 0 Å². The summed E-state index contributed by atoms with van der Waals surface area (Å²) in [5.41, 5.74) is 3.20. The molecule has 1 aromatic heterocycles. The normalized spacial score (nSPS) is 12.7. The molecule has 7 nitrogen and oxygen atoms in total. The number of nitrogens with one attached hydrogen (secondary N) is 2. The van der Waals surface area contributed by atoms with E-state index in [0.29, 0.717) is 22.9 Å². The molecule has 2 N–H and O–H groups in total. The average molecular weight is 369 g/mol. The van der Waals surface area contributed by atoms with E-state index in [1.165, 1.54) is 14.0 Å². The second kappa shape index (κ2) is 8.53. The molecule has 1 aliphatic rings. The van der Waals surface area contributed by atoms with Crippen LogP contribution < -0.4 is 20.1 Å². The van der Waals surface area contributed by atoms with Gasteiger partial charge in [0.25, 0.3) is 5.91 Å². The predicted molar refractivity (Wildman–Crippen MR) is 102 cm³/mol. The first kappa shape index (κ1) is 18.7. The molecule has 1 aliphatic carbocycles. The van der Waals surface area contributed by atoms with E-state index in [4.69, 9.17) is 9.47 Å². The monoisotopic (exact) mass is 369 g/mol. The number of rotatable bonds is 6. The highest BCUT2D eigenvalue weighted by molar-refractivity contribution is 5.95. The molecule has 0 spiro atoms. The van der Waals surface area contributed by atoms with Gasteiger partial charge in [0.2, 0.25) is 5.91 Å². The van der Waals surface area contributed by atoms with Crippen LogP contribution in [0.3, 0.4) is 0 Å². The number of pyridine rings is 1. The lowest BCUT2D eigenvalue weighted by Gasteiger charge is -2.18. The second-order valence-corrected chi connectivity index (χ2v) is 6.37. The van der Waals surface area contributed by atoms with Gasteiger partial charge in [-0.25, -0.2) is 0 Å². The summed E-state index contributed by atoms with van der Waals surface area (Å²) in [5, 5.41) is 5.45. The van der Waals surface area contributed by atoms with Crippen LogP contribution >= 0.6 is 0 Å². The van der Waals surface area contributed by atoms with Crippen LogP contribution in [0.25, 0.3) is 0 Å². The minimum absolute atomic E-state index is 0.121. The first-order valence-electron chi connectivity index (χ1n) is 8.92. The van der Waals surface area contributed by atoms with Crippen molar-refractivity contribution in [2.75, 3.05) is 24.4 Å². The third-order valence-electron chi connectivity index (χ3n) is 4.35. The van der Waals surface area contributed by atoms with Gasteiger partial charge in [-0.1, -0.05) is 0 Å². The molecule has 0 fully saturated rings. The molecule has 0 radical (unpaired) electrons. The lowest BCUT2D eigenvalue weighted by atomic mass is 9.95. The number of fused-ring (bicyclic) bond motifs is 1. The van der Waals surface area contributed by atoms with E-state index in [9.17, 15) is 9.59 Å². The Labute approximate surface area is 158 Å². The topological polar surface area (TPSA) is 89.6 Å². The maximum Gasteiger partial charge on any atom is 0.262 e. The Morgan fingerprint density at radius 1 is 1.11 bits per heavy atom. The number of benzene rings is 1. The smallest absolute Gasteiger partial charge is 0.262 e. The summed E-state index contributed by atoms with van der Waals surface area (Å²) in [6.07, 6.45) is 5.83. The number of aromatic nitrogens is 1. The Balaban J connectivity index is 1.67. The molecule has 0 atom stereocenters. The zero-order chi connectivity index (χ0) is 19.2.